The second-order valence-electron chi connectivity index (χ2n) is 5.42. The molecule has 0 saturated carbocycles. The second kappa shape index (κ2) is 12.0. The number of aliphatic hydroxyl groups is 1. The molecule has 2 aromatic rings. The molecule has 1 fully saturated rings. The van der Waals surface area contributed by atoms with E-state index in [4.69, 9.17) is 15.1 Å². The molecule has 1 aliphatic heterocycles. The Hall–Kier alpha value is -2.52. The largest absolute Gasteiger partial charge is 0.471 e. The molecule has 1 aromatic heterocycles. The number of aromatic nitrogens is 2. The highest BCUT2D eigenvalue weighted by Crippen LogP contribution is 2.29. The van der Waals surface area contributed by atoms with E-state index < -0.39 is 12.1 Å². The lowest BCUT2D eigenvalue weighted by molar-refractivity contribution is -0.159. The van der Waals surface area contributed by atoms with E-state index in [1.165, 1.54) is 0 Å². The minimum atomic E-state index is -4.63. The third-order valence-electron chi connectivity index (χ3n) is 3.37. The van der Waals surface area contributed by atoms with Gasteiger partial charge in [0.15, 0.2) is 0 Å². The van der Waals surface area contributed by atoms with Crippen molar-refractivity contribution in [1.29, 1.82) is 5.26 Å². The zero-order valence-electron chi connectivity index (χ0n) is 15.5. The Bertz CT molecular complexity index is 725. The Morgan fingerprint density at radius 3 is 2.29 bits per heavy atom. The van der Waals surface area contributed by atoms with E-state index in [0.29, 0.717) is 37.9 Å². The van der Waals surface area contributed by atoms with Crippen LogP contribution in [-0.4, -0.2) is 55.2 Å². The molecule has 3 rings (SSSR count). The third kappa shape index (κ3) is 7.61. The second-order valence-corrected chi connectivity index (χ2v) is 5.42. The Morgan fingerprint density at radius 2 is 1.89 bits per heavy atom. The van der Waals surface area contributed by atoms with Gasteiger partial charge in [-0.3, -0.25) is 0 Å². The van der Waals surface area contributed by atoms with E-state index in [2.05, 4.69) is 25.3 Å². The van der Waals surface area contributed by atoms with E-state index in [0.717, 1.165) is 12.7 Å². The topological polar surface area (TPSA) is 116 Å². The first-order valence-corrected chi connectivity index (χ1v) is 8.21. The summed E-state index contributed by atoms with van der Waals surface area (Å²) in [4.78, 5) is 3.34. The van der Waals surface area contributed by atoms with Gasteiger partial charge in [0, 0.05) is 19.2 Å². The molecule has 11 heteroatoms. The lowest BCUT2D eigenvalue weighted by Gasteiger charge is -2.27. The molecule has 1 saturated heterocycles. The monoisotopic (exact) mass is 401 g/mol. The summed E-state index contributed by atoms with van der Waals surface area (Å²) in [6.45, 7) is 2.54. The Balaban J connectivity index is 0.000000490. The van der Waals surface area contributed by atoms with Crippen molar-refractivity contribution < 1.29 is 27.5 Å². The highest BCUT2D eigenvalue weighted by Gasteiger charge is 2.38. The zero-order valence-corrected chi connectivity index (χ0v) is 15.5. The van der Waals surface area contributed by atoms with Crippen LogP contribution in [0, 0.1) is 11.3 Å². The molecule has 0 aliphatic carbocycles. The van der Waals surface area contributed by atoms with Crippen LogP contribution in [0.2, 0.25) is 0 Å². The van der Waals surface area contributed by atoms with Gasteiger partial charge >= 0.3 is 12.1 Å². The zero-order chi connectivity index (χ0) is 21.0. The van der Waals surface area contributed by atoms with Crippen molar-refractivity contribution in [2.24, 2.45) is 0 Å². The van der Waals surface area contributed by atoms with Crippen LogP contribution in [0.4, 0.5) is 13.2 Å². The summed E-state index contributed by atoms with van der Waals surface area (Å²) in [6, 6.07) is 9.23. The van der Waals surface area contributed by atoms with Gasteiger partial charge in [0.2, 0.25) is 5.82 Å². The molecule has 0 amide bonds. The summed E-state index contributed by atoms with van der Waals surface area (Å²) < 4.78 is 46.4. The van der Waals surface area contributed by atoms with Crippen LogP contribution < -0.4 is 10.6 Å². The van der Waals surface area contributed by atoms with E-state index in [1.807, 2.05) is 18.2 Å². The van der Waals surface area contributed by atoms with Gasteiger partial charge in [0.05, 0.1) is 31.9 Å². The number of nitrogens with zero attached hydrogens (tertiary/aromatic N) is 3. The van der Waals surface area contributed by atoms with Crippen LogP contribution in [-0.2, 0) is 17.5 Å². The fraction of sp³-hybridized carbons (Fsp3) is 0.471. The lowest BCUT2D eigenvalue weighted by Crippen LogP contribution is -2.45. The molecule has 0 radical (unpaired) electrons. The maximum atomic E-state index is 12.4. The molecule has 2 heterocycles. The quantitative estimate of drug-likeness (QED) is 0.647. The number of hydrogen-bond donors (Lipinski definition) is 3. The molecule has 0 atom stereocenters. The number of benzene rings is 1. The van der Waals surface area contributed by atoms with Gasteiger partial charge in [-0.15, -0.1) is 0 Å². The minimum Gasteiger partial charge on any atom is -0.400 e. The van der Waals surface area contributed by atoms with Gasteiger partial charge in [-0.1, -0.05) is 29.4 Å². The highest BCUT2D eigenvalue weighted by atomic mass is 19.4. The number of nitriles is 1. The van der Waals surface area contributed by atoms with Crippen LogP contribution >= 0.6 is 0 Å². The Morgan fingerprint density at radius 1 is 1.25 bits per heavy atom. The van der Waals surface area contributed by atoms with E-state index in [1.54, 1.807) is 19.2 Å². The molecule has 0 bridgehead atoms. The number of rotatable bonds is 5. The van der Waals surface area contributed by atoms with Crippen molar-refractivity contribution >= 4 is 0 Å². The lowest BCUT2D eigenvalue weighted by atomic mass is 10.1. The molecule has 154 valence electrons. The van der Waals surface area contributed by atoms with E-state index in [9.17, 15) is 13.2 Å². The number of alkyl halides is 3. The van der Waals surface area contributed by atoms with Crippen molar-refractivity contribution in [2.75, 3.05) is 33.9 Å². The number of aliphatic hydroxyl groups excluding tert-OH is 1. The van der Waals surface area contributed by atoms with E-state index in [-0.39, 0.29) is 5.82 Å². The molecule has 0 spiro atoms. The highest BCUT2D eigenvalue weighted by molar-refractivity contribution is 5.54. The van der Waals surface area contributed by atoms with Gasteiger partial charge in [0.1, 0.15) is 0 Å². The summed E-state index contributed by atoms with van der Waals surface area (Å²) in [5.41, 5.74) is 1.50. The van der Waals surface area contributed by atoms with Crippen LogP contribution in [0.3, 0.4) is 0 Å². The van der Waals surface area contributed by atoms with Gasteiger partial charge in [0.25, 0.3) is 0 Å². The third-order valence-corrected chi connectivity index (χ3v) is 3.37. The molecule has 8 nitrogen and oxygen atoms in total. The number of halogens is 3. The van der Waals surface area contributed by atoms with Gasteiger partial charge in [-0.2, -0.15) is 23.4 Å². The maximum absolute atomic E-state index is 12.4. The van der Waals surface area contributed by atoms with Gasteiger partial charge in [-0.05, 0) is 12.6 Å². The number of hydrogen-bond acceptors (Lipinski definition) is 8. The summed E-state index contributed by atoms with van der Waals surface area (Å²) in [7, 11) is 2.74. The standard InChI is InChI=1S/C13H12F3N3O2.C3H6N2.CH4O/c14-13(15,16)12-18-11(19-21-12)9-3-1-8(2-4-9)5-17-10-6-20-7-10;1-5-3-2-4;1-2/h1-4,10,17H,5-7H2;5H,3H2,1H3;2H,1H3. The average Bonchev–Trinajstić information content (AvgIpc) is 3.15. The maximum Gasteiger partial charge on any atom is 0.471 e. The van der Waals surface area contributed by atoms with Crippen LogP contribution in [0.25, 0.3) is 11.4 Å². The minimum absolute atomic E-state index is 0.0748. The molecular weight excluding hydrogens is 379 g/mol. The summed E-state index contributed by atoms with van der Waals surface area (Å²) in [5.74, 6) is -1.41. The van der Waals surface area contributed by atoms with Crippen molar-refractivity contribution in [3.8, 4) is 17.5 Å². The number of ether oxygens (including phenoxy) is 1. The van der Waals surface area contributed by atoms with Crippen molar-refractivity contribution in [3.05, 3.63) is 35.7 Å². The Kier molecular flexibility index (Phi) is 10.1. The van der Waals surface area contributed by atoms with Crippen LogP contribution in [0.1, 0.15) is 11.5 Å². The summed E-state index contributed by atoms with van der Waals surface area (Å²) >= 11 is 0. The van der Waals surface area contributed by atoms with Crippen molar-refractivity contribution in [3.63, 3.8) is 0 Å². The SMILES string of the molecule is CNCC#N.CO.FC(F)(F)c1nc(-c2ccc(CNC3COC3)cc2)no1. The molecule has 0 unspecified atom stereocenters. The predicted molar refractivity (Wildman–Crippen MR) is 93.9 cm³/mol. The molecular formula is C17H22F3N5O3. The van der Waals surface area contributed by atoms with Crippen molar-refractivity contribution in [2.45, 2.75) is 18.8 Å². The molecule has 1 aromatic carbocycles. The van der Waals surface area contributed by atoms with Crippen LogP contribution in [0.5, 0.6) is 0 Å². The van der Waals surface area contributed by atoms with Crippen LogP contribution in [0.15, 0.2) is 28.8 Å². The average molecular weight is 401 g/mol. The Labute approximate surface area is 160 Å². The normalized spacial score (nSPS) is 13.3. The smallest absolute Gasteiger partial charge is 0.400 e. The van der Waals surface area contributed by atoms with Gasteiger partial charge < -0.3 is 25.0 Å². The fourth-order valence-electron chi connectivity index (χ4n) is 1.92. The molecule has 28 heavy (non-hydrogen) atoms. The van der Waals surface area contributed by atoms with Crippen molar-refractivity contribution in [1.82, 2.24) is 20.8 Å². The summed E-state index contributed by atoms with van der Waals surface area (Å²) in [6.07, 6.45) is -4.63. The van der Waals surface area contributed by atoms with Gasteiger partial charge in [-0.25, -0.2) is 0 Å². The first-order chi connectivity index (χ1) is 13.4. The first-order valence-electron chi connectivity index (χ1n) is 8.21. The first kappa shape index (κ1) is 23.5. The predicted octanol–water partition coefficient (Wildman–Crippen LogP) is 1.58. The molecule has 1 aliphatic rings. The molecule has 3 N–H and O–H groups in total. The van der Waals surface area contributed by atoms with E-state index >= 15 is 0 Å². The fourth-order valence-corrected chi connectivity index (χ4v) is 1.92. The summed E-state index contributed by atoms with van der Waals surface area (Å²) in [5, 5.41) is 24.0. The number of nitrogens with one attached hydrogen (secondary N) is 2.